The Balaban J connectivity index is 1.71. The van der Waals surface area contributed by atoms with Crippen LogP contribution in [0.2, 0.25) is 0 Å². The number of hydrogen-bond acceptors (Lipinski definition) is 5. The fourth-order valence-electron chi connectivity index (χ4n) is 2.84. The average Bonchev–Trinajstić information content (AvgIpc) is 3.10. The molecule has 4 aromatic rings. The van der Waals surface area contributed by atoms with Crippen LogP contribution in [0.1, 0.15) is 32.0 Å². The van der Waals surface area contributed by atoms with Gasteiger partial charge in [0.25, 0.3) is 5.89 Å². The molecule has 0 radical (unpaired) electrons. The number of fused-ring (bicyclic) bond motifs is 1. The number of aromatic nitrogens is 4. The second kappa shape index (κ2) is 6.02. The SMILES string of the molecule is Cc1nc2ccccc2nc1-c1nnc(-c2ccc(C(C)(C)C)cc2)o1. The van der Waals surface area contributed by atoms with Gasteiger partial charge in [-0.15, -0.1) is 10.2 Å². The van der Waals surface area contributed by atoms with E-state index in [0.717, 1.165) is 22.3 Å². The quantitative estimate of drug-likeness (QED) is 0.514. The van der Waals surface area contributed by atoms with Crippen LogP contribution in [-0.4, -0.2) is 20.2 Å². The van der Waals surface area contributed by atoms with Crippen LogP contribution >= 0.6 is 0 Å². The highest BCUT2D eigenvalue weighted by atomic mass is 16.4. The van der Waals surface area contributed by atoms with Gasteiger partial charge in [0.2, 0.25) is 5.89 Å². The Labute approximate surface area is 152 Å². The number of hydrogen-bond donors (Lipinski definition) is 0. The minimum Gasteiger partial charge on any atom is -0.415 e. The van der Waals surface area contributed by atoms with Gasteiger partial charge in [-0.1, -0.05) is 45.0 Å². The maximum absolute atomic E-state index is 5.89. The van der Waals surface area contributed by atoms with Crippen LogP contribution < -0.4 is 0 Å². The first-order valence-electron chi connectivity index (χ1n) is 8.60. The summed E-state index contributed by atoms with van der Waals surface area (Å²) in [5.41, 5.74) is 5.31. The highest BCUT2D eigenvalue weighted by molar-refractivity contribution is 5.77. The maximum atomic E-state index is 5.89. The summed E-state index contributed by atoms with van der Waals surface area (Å²) >= 11 is 0. The predicted molar refractivity (Wildman–Crippen MR) is 102 cm³/mol. The van der Waals surface area contributed by atoms with Crippen molar-refractivity contribution in [3.05, 3.63) is 59.8 Å². The molecule has 0 unspecified atom stereocenters. The van der Waals surface area contributed by atoms with Gasteiger partial charge in [0, 0.05) is 5.56 Å². The fraction of sp³-hybridized carbons (Fsp3) is 0.238. The Bertz CT molecular complexity index is 1080. The second-order valence-electron chi connectivity index (χ2n) is 7.39. The molecule has 2 aromatic carbocycles. The maximum Gasteiger partial charge on any atom is 0.268 e. The molecule has 5 heteroatoms. The molecule has 0 saturated carbocycles. The van der Waals surface area contributed by atoms with Crippen molar-refractivity contribution in [1.29, 1.82) is 0 Å². The molecule has 2 heterocycles. The largest absolute Gasteiger partial charge is 0.415 e. The Hall–Kier alpha value is -3.08. The molecule has 0 N–H and O–H groups in total. The van der Waals surface area contributed by atoms with E-state index in [9.17, 15) is 0 Å². The lowest BCUT2D eigenvalue weighted by Crippen LogP contribution is -2.10. The third-order valence-corrected chi connectivity index (χ3v) is 4.37. The molecule has 5 nitrogen and oxygen atoms in total. The summed E-state index contributed by atoms with van der Waals surface area (Å²) in [5, 5.41) is 8.37. The summed E-state index contributed by atoms with van der Waals surface area (Å²) in [5.74, 6) is 0.866. The molecule has 0 aliphatic rings. The first-order valence-corrected chi connectivity index (χ1v) is 8.60. The third kappa shape index (κ3) is 2.96. The summed E-state index contributed by atoms with van der Waals surface area (Å²) in [7, 11) is 0. The van der Waals surface area contributed by atoms with Crippen molar-refractivity contribution in [2.24, 2.45) is 0 Å². The van der Waals surface area contributed by atoms with Gasteiger partial charge in [-0.05, 0) is 42.2 Å². The molecule has 0 aliphatic heterocycles. The Morgan fingerprint density at radius 2 is 1.38 bits per heavy atom. The number of benzene rings is 2. The van der Waals surface area contributed by atoms with E-state index in [4.69, 9.17) is 4.42 Å². The molecule has 0 atom stereocenters. The lowest BCUT2D eigenvalue weighted by atomic mass is 9.87. The smallest absolute Gasteiger partial charge is 0.268 e. The molecule has 2 aromatic heterocycles. The monoisotopic (exact) mass is 344 g/mol. The summed E-state index contributed by atoms with van der Waals surface area (Å²) < 4.78 is 5.89. The van der Waals surface area contributed by atoms with E-state index in [1.54, 1.807) is 0 Å². The molecule has 0 fully saturated rings. The van der Waals surface area contributed by atoms with Crippen molar-refractivity contribution in [1.82, 2.24) is 20.2 Å². The van der Waals surface area contributed by atoms with Crippen LogP contribution in [0.3, 0.4) is 0 Å². The zero-order valence-corrected chi connectivity index (χ0v) is 15.3. The number of nitrogens with zero attached hydrogens (tertiary/aromatic N) is 4. The fourth-order valence-corrected chi connectivity index (χ4v) is 2.84. The van der Waals surface area contributed by atoms with Crippen LogP contribution in [0.25, 0.3) is 34.1 Å². The zero-order chi connectivity index (χ0) is 18.3. The van der Waals surface area contributed by atoms with Crippen LogP contribution in [0.4, 0.5) is 0 Å². The molecule has 130 valence electrons. The van der Waals surface area contributed by atoms with E-state index in [-0.39, 0.29) is 5.41 Å². The molecule has 0 saturated heterocycles. The van der Waals surface area contributed by atoms with E-state index in [1.165, 1.54) is 5.56 Å². The Morgan fingerprint density at radius 3 is 2.04 bits per heavy atom. The zero-order valence-electron chi connectivity index (χ0n) is 15.3. The van der Waals surface area contributed by atoms with Gasteiger partial charge in [-0.3, -0.25) is 0 Å². The number of rotatable bonds is 2. The summed E-state index contributed by atoms with van der Waals surface area (Å²) in [4.78, 5) is 9.22. The predicted octanol–water partition coefficient (Wildman–Crippen LogP) is 4.95. The molecule has 26 heavy (non-hydrogen) atoms. The van der Waals surface area contributed by atoms with Crippen molar-refractivity contribution >= 4 is 11.0 Å². The van der Waals surface area contributed by atoms with Gasteiger partial charge < -0.3 is 4.42 Å². The molecule has 0 spiro atoms. The van der Waals surface area contributed by atoms with Gasteiger partial charge in [0.05, 0.1) is 16.7 Å². The molecule has 0 bridgehead atoms. The Morgan fingerprint density at radius 1 is 0.769 bits per heavy atom. The number of aryl methyl sites for hydroxylation is 1. The van der Waals surface area contributed by atoms with Gasteiger partial charge in [-0.2, -0.15) is 0 Å². The summed E-state index contributed by atoms with van der Waals surface area (Å²) in [6.07, 6.45) is 0. The van der Waals surface area contributed by atoms with Crippen molar-refractivity contribution in [3.8, 4) is 23.0 Å². The first-order chi connectivity index (χ1) is 12.4. The number of para-hydroxylation sites is 2. The van der Waals surface area contributed by atoms with Crippen molar-refractivity contribution in [2.75, 3.05) is 0 Å². The van der Waals surface area contributed by atoms with E-state index in [0.29, 0.717) is 17.5 Å². The van der Waals surface area contributed by atoms with Crippen LogP contribution in [-0.2, 0) is 5.41 Å². The summed E-state index contributed by atoms with van der Waals surface area (Å²) in [6.45, 7) is 8.46. The van der Waals surface area contributed by atoms with Gasteiger partial charge in [-0.25, -0.2) is 9.97 Å². The standard InChI is InChI=1S/C21H20N4O/c1-13-18(23-17-8-6-5-7-16(17)22-13)20-25-24-19(26-20)14-9-11-15(12-10-14)21(2,3)4/h5-12H,1-4H3. The van der Waals surface area contributed by atoms with Gasteiger partial charge in [0.15, 0.2) is 0 Å². The molecule has 0 amide bonds. The summed E-state index contributed by atoms with van der Waals surface area (Å²) in [6, 6.07) is 16.0. The van der Waals surface area contributed by atoms with Crippen LogP contribution in [0.15, 0.2) is 52.9 Å². The normalized spacial score (nSPS) is 11.8. The van der Waals surface area contributed by atoms with Gasteiger partial charge in [0.1, 0.15) is 5.69 Å². The van der Waals surface area contributed by atoms with E-state index in [1.807, 2.05) is 43.3 Å². The van der Waals surface area contributed by atoms with Crippen molar-refractivity contribution in [2.45, 2.75) is 33.1 Å². The van der Waals surface area contributed by atoms with Crippen LogP contribution in [0, 0.1) is 6.92 Å². The molecule has 0 aliphatic carbocycles. The van der Waals surface area contributed by atoms with E-state index in [2.05, 4.69) is 53.1 Å². The third-order valence-electron chi connectivity index (χ3n) is 4.37. The van der Waals surface area contributed by atoms with Gasteiger partial charge >= 0.3 is 0 Å². The minimum atomic E-state index is 0.107. The highest BCUT2D eigenvalue weighted by Gasteiger charge is 2.17. The van der Waals surface area contributed by atoms with Crippen molar-refractivity contribution < 1.29 is 4.42 Å². The lowest BCUT2D eigenvalue weighted by Gasteiger charge is -2.18. The van der Waals surface area contributed by atoms with Crippen LogP contribution in [0.5, 0.6) is 0 Å². The topological polar surface area (TPSA) is 64.7 Å². The average molecular weight is 344 g/mol. The highest BCUT2D eigenvalue weighted by Crippen LogP contribution is 2.28. The molecule has 4 rings (SSSR count). The minimum absolute atomic E-state index is 0.107. The molecular formula is C21H20N4O. The van der Waals surface area contributed by atoms with Crippen molar-refractivity contribution in [3.63, 3.8) is 0 Å². The van der Waals surface area contributed by atoms with E-state index < -0.39 is 0 Å². The molecular weight excluding hydrogens is 324 g/mol. The Kier molecular flexibility index (Phi) is 3.80. The first kappa shape index (κ1) is 16.4. The lowest BCUT2D eigenvalue weighted by molar-refractivity contribution is 0.579. The van der Waals surface area contributed by atoms with E-state index >= 15 is 0 Å². The second-order valence-corrected chi connectivity index (χ2v) is 7.39.